The van der Waals surface area contributed by atoms with E-state index in [1.807, 2.05) is 6.07 Å². The second-order valence-corrected chi connectivity index (χ2v) is 7.16. The third-order valence-corrected chi connectivity index (χ3v) is 5.28. The first kappa shape index (κ1) is 15.0. The summed E-state index contributed by atoms with van der Waals surface area (Å²) >= 11 is 3.23. The van der Waals surface area contributed by atoms with Crippen LogP contribution in [0.3, 0.4) is 0 Å². The lowest BCUT2D eigenvalue weighted by molar-refractivity contribution is 0.462. The molecule has 1 aromatic heterocycles. The van der Waals surface area contributed by atoms with Crippen LogP contribution in [0.25, 0.3) is 0 Å². The van der Waals surface area contributed by atoms with E-state index >= 15 is 0 Å². The summed E-state index contributed by atoms with van der Waals surface area (Å²) in [5.41, 5.74) is 6.85. The zero-order valence-corrected chi connectivity index (χ0v) is 13.2. The van der Waals surface area contributed by atoms with Gasteiger partial charge in [0.25, 0.3) is 0 Å². The van der Waals surface area contributed by atoms with Crippen LogP contribution in [-0.2, 0) is 16.6 Å². The van der Waals surface area contributed by atoms with Gasteiger partial charge in [0, 0.05) is 23.4 Å². The van der Waals surface area contributed by atoms with E-state index in [0.717, 1.165) is 0 Å². The van der Waals surface area contributed by atoms with Crippen LogP contribution in [0.15, 0.2) is 52.0 Å². The summed E-state index contributed by atoms with van der Waals surface area (Å²) < 4.78 is 26.7. The summed E-state index contributed by atoms with van der Waals surface area (Å²) in [7, 11) is -2.05. The van der Waals surface area contributed by atoms with Crippen LogP contribution in [-0.4, -0.2) is 24.8 Å². The van der Waals surface area contributed by atoms with Gasteiger partial charge in [-0.05, 0) is 46.3 Å². The molecule has 0 unspecified atom stereocenters. The van der Waals surface area contributed by atoms with Crippen molar-refractivity contribution in [2.75, 3.05) is 12.8 Å². The van der Waals surface area contributed by atoms with E-state index in [9.17, 15) is 8.42 Å². The molecule has 0 aliphatic heterocycles. The Balaban J connectivity index is 2.27. The number of halogens is 1. The first-order valence-corrected chi connectivity index (χ1v) is 8.06. The molecular weight excluding hydrogens is 342 g/mol. The Bertz CT molecular complexity index is 705. The molecule has 0 saturated heterocycles. The average Bonchev–Trinajstić information content (AvgIpc) is 2.42. The summed E-state index contributed by atoms with van der Waals surface area (Å²) in [5, 5.41) is 0. The van der Waals surface area contributed by atoms with Crippen LogP contribution in [0.4, 0.5) is 5.69 Å². The Labute approximate surface area is 126 Å². The van der Waals surface area contributed by atoms with E-state index in [1.54, 1.807) is 24.4 Å². The number of aromatic nitrogens is 1. The molecule has 106 valence electrons. The van der Waals surface area contributed by atoms with E-state index in [2.05, 4.69) is 20.9 Å². The van der Waals surface area contributed by atoms with Gasteiger partial charge in [0.2, 0.25) is 10.0 Å². The zero-order valence-electron chi connectivity index (χ0n) is 10.8. The standard InChI is InChI=1S/C13H14BrN3O2S/c1-17(9-10-4-2-3-7-16-10)20(18,19)11-5-6-13(15)12(14)8-11/h2-8H,9,15H2,1H3. The number of nitrogens with two attached hydrogens (primary N) is 1. The molecule has 1 aromatic carbocycles. The van der Waals surface area contributed by atoms with Crippen molar-refractivity contribution >= 4 is 31.6 Å². The van der Waals surface area contributed by atoms with Gasteiger partial charge in [-0.3, -0.25) is 4.98 Å². The summed E-state index contributed by atoms with van der Waals surface area (Å²) in [5.74, 6) is 0. The molecule has 7 heteroatoms. The highest BCUT2D eigenvalue weighted by atomic mass is 79.9. The number of sulfonamides is 1. The zero-order chi connectivity index (χ0) is 14.8. The molecule has 0 atom stereocenters. The molecule has 0 saturated carbocycles. The van der Waals surface area contributed by atoms with Crippen molar-refractivity contribution in [1.82, 2.24) is 9.29 Å². The Morgan fingerprint density at radius 3 is 2.65 bits per heavy atom. The third kappa shape index (κ3) is 3.17. The molecule has 0 aliphatic rings. The minimum absolute atomic E-state index is 0.192. The maximum atomic E-state index is 12.4. The number of nitrogens with zero attached hydrogens (tertiary/aromatic N) is 2. The van der Waals surface area contributed by atoms with Crippen molar-refractivity contribution in [2.45, 2.75) is 11.4 Å². The Kier molecular flexibility index (Phi) is 4.42. The Morgan fingerprint density at radius 1 is 1.30 bits per heavy atom. The Morgan fingerprint density at radius 2 is 2.05 bits per heavy atom. The Hall–Kier alpha value is -1.44. The largest absolute Gasteiger partial charge is 0.398 e. The van der Waals surface area contributed by atoms with E-state index in [-0.39, 0.29) is 11.4 Å². The smallest absolute Gasteiger partial charge is 0.243 e. The molecular formula is C13H14BrN3O2S. The molecule has 5 nitrogen and oxygen atoms in total. The predicted molar refractivity (Wildman–Crippen MR) is 81.4 cm³/mol. The number of rotatable bonds is 4. The van der Waals surface area contributed by atoms with Crippen LogP contribution in [0.5, 0.6) is 0 Å². The van der Waals surface area contributed by atoms with Crippen molar-refractivity contribution < 1.29 is 8.42 Å². The molecule has 0 aliphatic carbocycles. The normalized spacial score (nSPS) is 11.8. The van der Waals surface area contributed by atoms with Crippen LogP contribution in [0.2, 0.25) is 0 Å². The molecule has 0 fully saturated rings. The average molecular weight is 356 g/mol. The maximum Gasteiger partial charge on any atom is 0.243 e. The van der Waals surface area contributed by atoms with Crippen LogP contribution >= 0.6 is 15.9 Å². The van der Waals surface area contributed by atoms with Crippen molar-refractivity contribution in [3.63, 3.8) is 0 Å². The second kappa shape index (κ2) is 5.90. The van der Waals surface area contributed by atoms with E-state index in [1.165, 1.54) is 23.5 Å². The lowest BCUT2D eigenvalue weighted by Crippen LogP contribution is -2.26. The monoisotopic (exact) mass is 355 g/mol. The summed E-state index contributed by atoms with van der Waals surface area (Å²) in [6, 6.07) is 9.94. The number of hydrogen-bond donors (Lipinski definition) is 1. The van der Waals surface area contributed by atoms with Crippen LogP contribution in [0, 0.1) is 0 Å². The molecule has 0 radical (unpaired) electrons. The molecule has 2 N–H and O–H groups in total. The van der Waals surface area contributed by atoms with Gasteiger partial charge in [0.1, 0.15) is 0 Å². The van der Waals surface area contributed by atoms with Crippen molar-refractivity contribution in [3.05, 3.63) is 52.8 Å². The molecule has 2 aromatic rings. The highest BCUT2D eigenvalue weighted by Gasteiger charge is 2.21. The highest BCUT2D eigenvalue weighted by molar-refractivity contribution is 9.10. The SMILES string of the molecule is CN(Cc1ccccn1)S(=O)(=O)c1ccc(N)c(Br)c1. The van der Waals surface area contributed by atoms with Gasteiger partial charge in [-0.25, -0.2) is 8.42 Å². The molecule has 2 rings (SSSR count). The summed E-state index contributed by atoms with van der Waals surface area (Å²) in [6.07, 6.45) is 1.63. The van der Waals surface area contributed by atoms with Gasteiger partial charge < -0.3 is 5.73 Å². The van der Waals surface area contributed by atoms with Crippen LogP contribution in [0.1, 0.15) is 5.69 Å². The predicted octanol–water partition coefficient (Wildman–Crippen LogP) is 2.25. The lowest BCUT2D eigenvalue weighted by atomic mass is 10.3. The molecule has 20 heavy (non-hydrogen) atoms. The molecule has 0 bridgehead atoms. The minimum Gasteiger partial charge on any atom is -0.398 e. The van der Waals surface area contributed by atoms with Crippen molar-refractivity contribution in [1.29, 1.82) is 0 Å². The third-order valence-electron chi connectivity index (χ3n) is 2.79. The van der Waals surface area contributed by atoms with Crippen molar-refractivity contribution in [3.8, 4) is 0 Å². The number of anilines is 1. The van der Waals surface area contributed by atoms with Gasteiger partial charge in [-0.15, -0.1) is 0 Å². The molecule has 0 amide bonds. The lowest BCUT2D eigenvalue weighted by Gasteiger charge is -2.17. The maximum absolute atomic E-state index is 12.4. The van der Waals surface area contributed by atoms with Crippen LogP contribution < -0.4 is 5.73 Å². The topological polar surface area (TPSA) is 76.3 Å². The van der Waals surface area contributed by atoms with Gasteiger partial charge in [-0.2, -0.15) is 4.31 Å². The first-order chi connectivity index (χ1) is 9.41. The first-order valence-electron chi connectivity index (χ1n) is 5.82. The fourth-order valence-electron chi connectivity index (χ4n) is 1.65. The van der Waals surface area contributed by atoms with Gasteiger partial charge >= 0.3 is 0 Å². The fourth-order valence-corrected chi connectivity index (χ4v) is 3.35. The minimum atomic E-state index is -3.57. The second-order valence-electron chi connectivity index (χ2n) is 4.27. The van der Waals surface area contributed by atoms with E-state index in [0.29, 0.717) is 15.9 Å². The number of pyridine rings is 1. The summed E-state index contributed by atoms with van der Waals surface area (Å²) in [6.45, 7) is 0.213. The molecule has 0 spiro atoms. The van der Waals surface area contributed by atoms with Gasteiger partial charge in [0.05, 0.1) is 17.1 Å². The molecule has 1 heterocycles. The quantitative estimate of drug-likeness (QED) is 0.853. The van der Waals surface area contributed by atoms with E-state index in [4.69, 9.17) is 5.73 Å². The number of benzene rings is 1. The highest BCUT2D eigenvalue weighted by Crippen LogP contribution is 2.25. The van der Waals surface area contributed by atoms with Crippen molar-refractivity contribution in [2.24, 2.45) is 0 Å². The summed E-state index contributed by atoms with van der Waals surface area (Å²) in [4.78, 5) is 4.31. The van der Waals surface area contributed by atoms with Gasteiger partial charge in [0.15, 0.2) is 0 Å². The number of nitrogen functional groups attached to an aromatic ring is 1. The number of hydrogen-bond acceptors (Lipinski definition) is 4. The fraction of sp³-hybridized carbons (Fsp3) is 0.154. The van der Waals surface area contributed by atoms with Gasteiger partial charge in [-0.1, -0.05) is 6.07 Å². The van der Waals surface area contributed by atoms with E-state index < -0.39 is 10.0 Å².